The van der Waals surface area contributed by atoms with Crippen molar-refractivity contribution in [3.05, 3.63) is 58.3 Å². The van der Waals surface area contributed by atoms with Crippen molar-refractivity contribution in [1.29, 1.82) is 0 Å². The lowest BCUT2D eigenvalue weighted by atomic mass is 10.1. The maximum Gasteiger partial charge on any atom is 0.123 e. The van der Waals surface area contributed by atoms with Crippen molar-refractivity contribution in [3.8, 4) is 0 Å². The number of rotatable bonds is 4. The van der Waals surface area contributed by atoms with Crippen LogP contribution in [0.15, 0.2) is 56.7 Å². The molecule has 2 aromatic rings. The number of hydrogen-bond acceptors (Lipinski definition) is 2. The molecule has 0 radical (unpaired) electrons. The molecule has 0 aliphatic rings. The van der Waals surface area contributed by atoms with E-state index < -0.39 is 0 Å². The predicted octanol–water partition coefficient (Wildman–Crippen LogP) is 4.24. The summed E-state index contributed by atoms with van der Waals surface area (Å²) in [7, 11) is 0. The van der Waals surface area contributed by atoms with Crippen LogP contribution in [0.1, 0.15) is 5.56 Å². The highest BCUT2D eigenvalue weighted by Crippen LogP contribution is 2.31. The van der Waals surface area contributed by atoms with Crippen molar-refractivity contribution in [1.82, 2.24) is 0 Å². The highest BCUT2D eigenvalue weighted by molar-refractivity contribution is 9.10. The van der Waals surface area contributed by atoms with E-state index in [2.05, 4.69) is 15.9 Å². The first kappa shape index (κ1) is 13.6. The fraction of sp³-hybridized carbons (Fsp3) is 0.143. The van der Waals surface area contributed by atoms with Gasteiger partial charge in [-0.05, 0) is 61.0 Å². The number of nitrogens with two attached hydrogens (primary N) is 1. The van der Waals surface area contributed by atoms with Gasteiger partial charge in [0.2, 0.25) is 0 Å². The summed E-state index contributed by atoms with van der Waals surface area (Å²) in [6, 6.07) is 12.9. The zero-order valence-electron chi connectivity index (χ0n) is 9.70. The molecule has 94 valence electrons. The SMILES string of the molecule is NCCc1cc(F)ccc1Sc1ccc(Br)cc1. The van der Waals surface area contributed by atoms with E-state index in [1.165, 1.54) is 6.07 Å². The van der Waals surface area contributed by atoms with Gasteiger partial charge in [0.25, 0.3) is 0 Å². The lowest BCUT2D eigenvalue weighted by molar-refractivity contribution is 0.623. The van der Waals surface area contributed by atoms with Gasteiger partial charge < -0.3 is 5.73 Å². The van der Waals surface area contributed by atoms with E-state index in [1.54, 1.807) is 17.8 Å². The molecule has 18 heavy (non-hydrogen) atoms. The second-order valence-electron chi connectivity index (χ2n) is 3.85. The lowest BCUT2D eigenvalue weighted by Crippen LogP contribution is -2.04. The Kier molecular flexibility index (Phi) is 4.80. The van der Waals surface area contributed by atoms with E-state index in [0.29, 0.717) is 13.0 Å². The standard InChI is InChI=1S/C14H13BrFNS/c15-11-1-4-13(5-2-11)18-14-6-3-12(16)9-10(14)7-8-17/h1-6,9H,7-8,17H2. The number of benzene rings is 2. The van der Waals surface area contributed by atoms with Crippen LogP contribution in [0, 0.1) is 5.82 Å². The Bertz CT molecular complexity index is 528. The molecule has 0 fully saturated rings. The first-order valence-electron chi connectivity index (χ1n) is 5.61. The molecule has 0 amide bonds. The van der Waals surface area contributed by atoms with Gasteiger partial charge in [0.15, 0.2) is 0 Å². The summed E-state index contributed by atoms with van der Waals surface area (Å²) >= 11 is 5.03. The molecular weight excluding hydrogens is 313 g/mol. The van der Waals surface area contributed by atoms with Gasteiger partial charge in [-0.15, -0.1) is 0 Å². The summed E-state index contributed by atoms with van der Waals surface area (Å²) in [5, 5.41) is 0. The smallest absolute Gasteiger partial charge is 0.123 e. The molecule has 0 aliphatic carbocycles. The third kappa shape index (κ3) is 3.57. The molecular formula is C14H13BrFNS. The van der Waals surface area contributed by atoms with Gasteiger partial charge in [0.1, 0.15) is 5.82 Å². The Labute approximate surface area is 119 Å². The van der Waals surface area contributed by atoms with Crippen molar-refractivity contribution in [2.75, 3.05) is 6.54 Å². The molecule has 0 atom stereocenters. The zero-order chi connectivity index (χ0) is 13.0. The minimum atomic E-state index is -0.210. The predicted molar refractivity (Wildman–Crippen MR) is 77.4 cm³/mol. The first-order valence-corrected chi connectivity index (χ1v) is 7.22. The van der Waals surface area contributed by atoms with Crippen molar-refractivity contribution < 1.29 is 4.39 Å². The van der Waals surface area contributed by atoms with Crippen LogP contribution in [0.2, 0.25) is 0 Å². The van der Waals surface area contributed by atoms with E-state index in [1.807, 2.05) is 30.3 Å². The number of halogens is 2. The third-order valence-corrected chi connectivity index (χ3v) is 4.13. The Hall–Kier alpha value is -0.840. The van der Waals surface area contributed by atoms with E-state index >= 15 is 0 Å². The molecule has 0 spiro atoms. The summed E-state index contributed by atoms with van der Waals surface area (Å²) in [5.41, 5.74) is 6.52. The van der Waals surface area contributed by atoms with Gasteiger partial charge in [-0.1, -0.05) is 27.7 Å². The fourth-order valence-electron chi connectivity index (χ4n) is 1.63. The highest BCUT2D eigenvalue weighted by atomic mass is 79.9. The van der Waals surface area contributed by atoms with Crippen LogP contribution in [0.3, 0.4) is 0 Å². The summed E-state index contributed by atoms with van der Waals surface area (Å²) in [4.78, 5) is 2.19. The maximum atomic E-state index is 13.2. The molecule has 2 N–H and O–H groups in total. The second kappa shape index (κ2) is 6.36. The molecule has 0 heterocycles. The molecule has 0 unspecified atom stereocenters. The summed E-state index contributed by atoms with van der Waals surface area (Å²) in [5.74, 6) is -0.210. The van der Waals surface area contributed by atoms with Gasteiger partial charge in [0.05, 0.1) is 0 Å². The maximum absolute atomic E-state index is 13.2. The topological polar surface area (TPSA) is 26.0 Å². The molecule has 4 heteroatoms. The minimum Gasteiger partial charge on any atom is -0.330 e. The minimum absolute atomic E-state index is 0.210. The van der Waals surface area contributed by atoms with Gasteiger partial charge in [0, 0.05) is 14.3 Å². The molecule has 0 aliphatic heterocycles. The number of hydrogen-bond donors (Lipinski definition) is 1. The van der Waals surface area contributed by atoms with Crippen LogP contribution in [-0.4, -0.2) is 6.54 Å². The van der Waals surface area contributed by atoms with Gasteiger partial charge >= 0.3 is 0 Å². The fourth-order valence-corrected chi connectivity index (χ4v) is 2.85. The van der Waals surface area contributed by atoms with Crippen LogP contribution in [0.4, 0.5) is 4.39 Å². The van der Waals surface area contributed by atoms with Crippen molar-refractivity contribution >= 4 is 27.7 Å². The molecule has 0 saturated carbocycles. The quantitative estimate of drug-likeness (QED) is 0.909. The summed E-state index contributed by atoms with van der Waals surface area (Å²) < 4.78 is 14.3. The van der Waals surface area contributed by atoms with Crippen LogP contribution in [0.5, 0.6) is 0 Å². The molecule has 0 bridgehead atoms. The second-order valence-corrected chi connectivity index (χ2v) is 5.88. The lowest BCUT2D eigenvalue weighted by Gasteiger charge is -2.08. The normalized spacial score (nSPS) is 10.6. The van der Waals surface area contributed by atoms with E-state index in [-0.39, 0.29) is 5.82 Å². The monoisotopic (exact) mass is 325 g/mol. The van der Waals surface area contributed by atoms with E-state index in [0.717, 1.165) is 19.8 Å². The van der Waals surface area contributed by atoms with Gasteiger partial charge in [-0.25, -0.2) is 4.39 Å². The zero-order valence-corrected chi connectivity index (χ0v) is 12.1. The van der Waals surface area contributed by atoms with Crippen LogP contribution >= 0.6 is 27.7 Å². The molecule has 2 rings (SSSR count). The molecule has 1 nitrogen and oxygen atoms in total. The van der Waals surface area contributed by atoms with Crippen LogP contribution < -0.4 is 5.73 Å². The van der Waals surface area contributed by atoms with E-state index in [4.69, 9.17) is 5.73 Å². The van der Waals surface area contributed by atoms with Gasteiger partial charge in [-0.3, -0.25) is 0 Å². The van der Waals surface area contributed by atoms with Crippen molar-refractivity contribution in [3.63, 3.8) is 0 Å². The molecule has 0 saturated heterocycles. The first-order chi connectivity index (χ1) is 8.69. The largest absolute Gasteiger partial charge is 0.330 e. The summed E-state index contributed by atoms with van der Waals surface area (Å²) in [6.45, 7) is 0.525. The van der Waals surface area contributed by atoms with Crippen molar-refractivity contribution in [2.45, 2.75) is 16.2 Å². The average Bonchev–Trinajstić information content (AvgIpc) is 2.36. The van der Waals surface area contributed by atoms with Crippen molar-refractivity contribution in [2.24, 2.45) is 5.73 Å². The Balaban J connectivity index is 2.25. The Morgan fingerprint density at radius 1 is 1.11 bits per heavy atom. The van der Waals surface area contributed by atoms with Gasteiger partial charge in [-0.2, -0.15) is 0 Å². The highest BCUT2D eigenvalue weighted by Gasteiger charge is 2.05. The van der Waals surface area contributed by atoms with Crippen LogP contribution in [0.25, 0.3) is 0 Å². The van der Waals surface area contributed by atoms with E-state index in [9.17, 15) is 4.39 Å². The molecule has 0 aromatic heterocycles. The third-order valence-electron chi connectivity index (χ3n) is 2.48. The Morgan fingerprint density at radius 3 is 2.50 bits per heavy atom. The summed E-state index contributed by atoms with van der Waals surface area (Å²) in [6.07, 6.45) is 0.691. The molecule has 2 aromatic carbocycles. The average molecular weight is 326 g/mol. The van der Waals surface area contributed by atoms with Crippen LogP contribution in [-0.2, 0) is 6.42 Å². The Morgan fingerprint density at radius 2 is 1.83 bits per heavy atom.